The normalized spacial score (nSPS) is 12.2. The third-order valence-corrected chi connectivity index (χ3v) is 3.01. The molecule has 0 aliphatic rings. The SMILES string of the molecule is CCCCOCCOCCNC(=NC)N(C)CC(=O)NC(C)(C)C. The van der Waals surface area contributed by atoms with Crippen molar-refractivity contribution in [2.75, 3.05) is 53.6 Å². The standard InChI is InChI=1S/C17H36N4O3/c1-7-8-10-23-12-13-24-11-9-19-16(18-5)21(6)14-15(22)20-17(2,3)4/h7-14H2,1-6H3,(H,18,19)(H,20,22). The molecule has 0 unspecified atom stereocenters. The molecule has 1 amide bonds. The highest BCUT2D eigenvalue weighted by atomic mass is 16.5. The summed E-state index contributed by atoms with van der Waals surface area (Å²) in [6, 6.07) is 0. The van der Waals surface area contributed by atoms with Gasteiger partial charge in [0.2, 0.25) is 5.91 Å². The Labute approximate surface area is 147 Å². The number of hydrogen-bond donors (Lipinski definition) is 2. The van der Waals surface area contributed by atoms with Crippen molar-refractivity contribution in [3.63, 3.8) is 0 Å². The Bertz CT molecular complexity index is 367. The topological polar surface area (TPSA) is 75.2 Å². The first-order chi connectivity index (χ1) is 11.3. The van der Waals surface area contributed by atoms with Crippen LogP contribution in [0.15, 0.2) is 4.99 Å². The van der Waals surface area contributed by atoms with E-state index in [2.05, 4.69) is 22.5 Å². The molecule has 2 N–H and O–H groups in total. The molecule has 0 heterocycles. The number of ether oxygens (including phenoxy) is 2. The summed E-state index contributed by atoms with van der Waals surface area (Å²) in [5, 5.41) is 6.11. The molecule has 0 rings (SSSR count). The molecule has 0 bridgehead atoms. The fraction of sp³-hybridized carbons (Fsp3) is 0.882. The molecule has 24 heavy (non-hydrogen) atoms. The van der Waals surface area contributed by atoms with Crippen LogP contribution in [-0.2, 0) is 14.3 Å². The predicted octanol–water partition coefficient (Wildman–Crippen LogP) is 1.24. The van der Waals surface area contributed by atoms with Crippen molar-refractivity contribution < 1.29 is 14.3 Å². The number of nitrogens with one attached hydrogen (secondary N) is 2. The lowest BCUT2D eigenvalue weighted by Gasteiger charge is -2.25. The number of aliphatic imine (C=N–C) groups is 1. The summed E-state index contributed by atoms with van der Waals surface area (Å²) in [4.78, 5) is 17.9. The van der Waals surface area contributed by atoms with Crippen LogP contribution in [0.3, 0.4) is 0 Å². The lowest BCUT2D eigenvalue weighted by atomic mass is 10.1. The van der Waals surface area contributed by atoms with E-state index in [1.54, 1.807) is 11.9 Å². The van der Waals surface area contributed by atoms with Gasteiger partial charge in [0.25, 0.3) is 0 Å². The van der Waals surface area contributed by atoms with E-state index < -0.39 is 0 Å². The highest BCUT2D eigenvalue weighted by molar-refractivity contribution is 5.86. The van der Waals surface area contributed by atoms with Crippen molar-refractivity contribution in [3.8, 4) is 0 Å². The molecule has 0 atom stereocenters. The van der Waals surface area contributed by atoms with Gasteiger partial charge in [-0.05, 0) is 27.2 Å². The van der Waals surface area contributed by atoms with E-state index in [1.807, 2.05) is 27.8 Å². The lowest BCUT2D eigenvalue weighted by molar-refractivity contribution is -0.122. The van der Waals surface area contributed by atoms with Gasteiger partial charge in [-0.2, -0.15) is 0 Å². The zero-order chi connectivity index (χ0) is 18.4. The van der Waals surface area contributed by atoms with E-state index in [9.17, 15) is 4.79 Å². The zero-order valence-electron chi connectivity index (χ0n) is 16.3. The fourth-order valence-electron chi connectivity index (χ4n) is 1.94. The van der Waals surface area contributed by atoms with Crippen LogP contribution in [0.5, 0.6) is 0 Å². The Morgan fingerprint density at radius 3 is 2.29 bits per heavy atom. The average Bonchev–Trinajstić information content (AvgIpc) is 2.47. The Kier molecular flexibility index (Phi) is 12.3. The third kappa shape index (κ3) is 13.1. The van der Waals surface area contributed by atoms with Crippen LogP contribution < -0.4 is 10.6 Å². The highest BCUT2D eigenvalue weighted by Crippen LogP contribution is 1.98. The summed E-state index contributed by atoms with van der Waals surface area (Å²) in [6.07, 6.45) is 2.23. The molecule has 7 heteroatoms. The Morgan fingerprint density at radius 2 is 1.75 bits per heavy atom. The Balaban J connectivity index is 3.84. The van der Waals surface area contributed by atoms with Gasteiger partial charge < -0.3 is 25.0 Å². The van der Waals surface area contributed by atoms with Crippen molar-refractivity contribution in [1.82, 2.24) is 15.5 Å². The predicted molar refractivity (Wildman–Crippen MR) is 98.4 cm³/mol. The number of carbonyl (C=O) groups excluding carboxylic acids is 1. The van der Waals surface area contributed by atoms with Gasteiger partial charge >= 0.3 is 0 Å². The first-order valence-corrected chi connectivity index (χ1v) is 8.68. The maximum absolute atomic E-state index is 11.9. The van der Waals surface area contributed by atoms with Crippen LogP contribution in [0.4, 0.5) is 0 Å². The maximum Gasteiger partial charge on any atom is 0.240 e. The summed E-state index contributed by atoms with van der Waals surface area (Å²) >= 11 is 0. The van der Waals surface area contributed by atoms with Crippen LogP contribution >= 0.6 is 0 Å². The Morgan fingerprint density at radius 1 is 1.12 bits per heavy atom. The molecule has 0 saturated carbocycles. The molecule has 0 radical (unpaired) electrons. The van der Waals surface area contributed by atoms with Crippen molar-refractivity contribution >= 4 is 11.9 Å². The van der Waals surface area contributed by atoms with Gasteiger partial charge in [0, 0.05) is 32.8 Å². The van der Waals surface area contributed by atoms with Crippen LogP contribution in [0.1, 0.15) is 40.5 Å². The molecule has 0 spiro atoms. The van der Waals surface area contributed by atoms with E-state index in [4.69, 9.17) is 9.47 Å². The molecular weight excluding hydrogens is 308 g/mol. The fourth-order valence-corrected chi connectivity index (χ4v) is 1.94. The van der Waals surface area contributed by atoms with Gasteiger partial charge in [-0.3, -0.25) is 9.79 Å². The minimum Gasteiger partial charge on any atom is -0.379 e. The monoisotopic (exact) mass is 344 g/mol. The smallest absolute Gasteiger partial charge is 0.240 e. The van der Waals surface area contributed by atoms with Crippen LogP contribution in [0, 0.1) is 0 Å². The molecule has 0 aromatic rings. The number of likely N-dealkylation sites (N-methyl/N-ethyl adjacent to an activating group) is 1. The number of carbonyl (C=O) groups is 1. The third-order valence-electron chi connectivity index (χ3n) is 3.01. The quantitative estimate of drug-likeness (QED) is 0.335. The van der Waals surface area contributed by atoms with Gasteiger partial charge in [0.05, 0.1) is 26.4 Å². The average molecular weight is 345 g/mol. The number of amides is 1. The lowest BCUT2D eigenvalue weighted by Crippen LogP contribution is -2.49. The summed E-state index contributed by atoms with van der Waals surface area (Å²) < 4.78 is 10.9. The highest BCUT2D eigenvalue weighted by Gasteiger charge is 2.16. The maximum atomic E-state index is 11.9. The molecule has 0 aliphatic carbocycles. The number of nitrogens with zero attached hydrogens (tertiary/aromatic N) is 2. The van der Waals surface area contributed by atoms with Gasteiger partial charge in [0.15, 0.2) is 5.96 Å². The molecule has 7 nitrogen and oxygen atoms in total. The van der Waals surface area contributed by atoms with Crippen LogP contribution in [-0.4, -0.2) is 75.9 Å². The van der Waals surface area contributed by atoms with E-state index in [-0.39, 0.29) is 18.0 Å². The summed E-state index contributed by atoms with van der Waals surface area (Å²) in [7, 11) is 3.53. The van der Waals surface area contributed by atoms with Gasteiger partial charge in [-0.25, -0.2) is 0 Å². The number of rotatable bonds is 11. The van der Waals surface area contributed by atoms with Crippen molar-refractivity contribution in [1.29, 1.82) is 0 Å². The summed E-state index contributed by atoms with van der Waals surface area (Å²) in [5.41, 5.74) is -0.234. The molecule has 0 aromatic carbocycles. The molecule has 0 aromatic heterocycles. The largest absolute Gasteiger partial charge is 0.379 e. The van der Waals surface area contributed by atoms with E-state index in [0.717, 1.165) is 19.4 Å². The van der Waals surface area contributed by atoms with Crippen LogP contribution in [0.25, 0.3) is 0 Å². The zero-order valence-corrected chi connectivity index (χ0v) is 16.3. The van der Waals surface area contributed by atoms with Gasteiger partial charge in [0.1, 0.15) is 0 Å². The minimum absolute atomic E-state index is 0.0339. The number of unbranched alkanes of at least 4 members (excludes halogenated alkanes) is 1. The van der Waals surface area contributed by atoms with Gasteiger partial charge in [-0.1, -0.05) is 13.3 Å². The second-order valence-electron chi connectivity index (χ2n) is 6.71. The number of hydrogen-bond acceptors (Lipinski definition) is 4. The van der Waals surface area contributed by atoms with Crippen molar-refractivity contribution in [2.45, 2.75) is 46.1 Å². The summed E-state index contributed by atoms with van der Waals surface area (Å²) in [5.74, 6) is 0.635. The van der Waals surface area contributed by atoms with Crippen molar-refractivity contribution in [2.24, 2.45) is 4.99 Å². The second kappa shape index (κ2) is 13.0. The van der Waals surface area contributed by atoms with Gasteiger partial charge in [-0.15, -0.1) is 0 Å². The molecule has 0 fully saturated rings. The molecule has 142 valence electrons. The molecule has 0 aliphatic heterocycles. The Hall–Kier alpha value is -1.34. The van der Waals surface area contributed by atoms with Crippen LogP contribution in [0.2, 0.25) is 0 Å². The van der Waals surface area contributed by atoms with Crippen molar-refractivity contribution in [3.05, 3.63) is 0 Å². The van der Waals surface area contributed by atoms with E-state index >= 15 is 0 Å². The first-order valence-electron chi connectivity index (χ1n) is 8.68. The first kappa shape index (κ1) is 22.7. The molecular formula is C17H36N4O3. The molecule has 0 saturated heterocycles. The minimum atomic E-state index is -0.234. The second-order valence-corrected chi connectivity index (χ2v) is 6.71. The number of guanidine groups is 1. The van der Waals surface area contributed by atoms with E-state index in [1.165, 1.54) is 0 Å². The van der Waals surface area contributed by atoms with E-state index in [0.29, 0.717) is 32.3 Å². The summed E-state index contributed by atoms with van der Waals surface area (Å²) in [6.45, 7) is 11.5.